The van der Waals surface area contributed by atoms with E-state index in [0.717, 1.165) is 23.7 Å². The quantitative estimate of drug-likeness (QED) is 0.581. The lowest BCUT2D eigenvalue weighted by molar-refractivity contribution is 0.0519. The molecule has 0 N–H and O–H groups in total. The number of ether oxygens (including phenoxy) is 1. The van der Waals surface area contributed by atoms with E-state index in [2.05, 4.69) is 12.5 Å². The zero-order chi connectivity index (χ0) is 13.6. The largest absolute Gasteiger partial charge is 0.466 e. The Labute approximate surface area is 123 Å². The van der Waals surface area contributed by atoms with Gasteiger partial charge in [0, 0.05) is 0 Å². The van der Waals surface area contributed by atoms with E-state index in [1.165, 1.54) is 6.42 Å². The Hall–Kier alpha value is -0.760. The number of allylic oxidation sites excluding steroid dienone is 1. The second kappa shape index (κ2) is 7.14. The van der Waals surface area contributed by atoms with Gasteiger partial charge in [-0.05, 0) is 36.5 Å². The Morgan fingerprint density at radius 3 is 2.95 bits per heavy atom. The van der Waals surface area contributed by atoms with Gasteiger partial charge in [-0.3, -0.25) is 0 Å². The second-order valence-electron chi connectivity index (χ2n) is 4.27. The molecule has 0 aliphatic carbocycles. The molecule has 19 heavy (non-hydrogen) atoms. The maximum atomic E-state index is 5.91. The van der Waals surface area contributed by atoms with Crippen molar-refractivity contribution in [2.45, 2.75) is 23.0 Å². The number of rotatable bonds is 6. The van der Waals surface area contributed by atoms with Crippen LogP contribution in [0.4, 0.5) is 0 Å². The minimum Gasteiger partial charge on any atom is -0.466 e. The summed E-state index contributed by atoms with van der Waals surface area (Å²) >= 11 is 3.86. The first-order valence-corrected chi connectivity index (χ1v) is 8.27. The van der Waals surface area contributed by atoms with Crippen molar-refractivity contribution >= 4 is 23.5 Å². The summed E-state index contributed by atoms with van der Waals surface area (Å²) in [5.74, 6) is 5.67. The zero-order valence-corrected chi connectivity index (χ0v) is 12.5. The van der Waals surface area contributed by atoms with Crippen molar-refractivity contribution in [2.75, 3.05) is 18.1 Å². The molecule has 102 valence electrons. The minimum atomic E-state index is -0.133. The number of hydrogen-bond acceptors (Lipinski definition) is 4. The predicted molar refractivity (Wildman–Crippen MR) is 83.3 cm³/mol. The molecule has 1 aliphatic rings. The van der Waals surface area contributed by atoms with E-state index in [1.54, 1.807) is 6.26 Å². The van der Waals surface area contributed by atoms with Gasteiger partial charge in [0.1, 0.15) is 18.5 Å². The van der Waals surface area contributed by atoms with Crippen molar-refractivity contribution in [1.82, 2.24) is 0 Å². The number of thioether (sulfide) groups is 2. The molecule has 1 aromatic heterocycles. The Balaban J connectivity index is 2.27. The maximum Gasteiger partial charge on any atom is 0.140 e. The summed E-state index contributed by atoms with van der Waals surface area (Å²) < 4.78 is 11.4. The summed E-state index contributed by atoms with van der Waals surface area (Å²) in [6, 6.07) is 3.85. The minimum absolute atomic E-state index is 0.0747. The third-order valence-electron chi connectivity index (χ3n) is 2.94. The fourth-order valence-corrected chi connectivity index (χ4v) is 5.59. The standard InChI is InChI=1S/C15H18O2S2/c1-3-8-15(18-11-6-12-19-15)14(17-9-4-2)13-7-5-10-16-13/h2-3,5,7,10,14H,1,6,8-9,11-12H2. The van der Waals surface area contributed by atoms with Crippen molar-refractivity contribution in [2.24, 2.45) is 0 Å². The topological polar surface area (TPSA) is 22.4 Å². The zero-order valence-electron chi connectivity index (χ0n) is 10.8. The van der Waals surface area contributed by atoms with Gasteiger partial charge in [0.2, 0.25) is 0 Å². The second-order valence-corrected chi connectivity index (χ2v) is 7.37. The Morgan fingerprint density at radius 1 is 1.58 bits per heavy atom. The van der Waals surface area contributed by atoms with E-state index in [0.29, 0.717) is 6.61 Å². The SMILES string of the molecule is C#CCOC(c1ccco1)C1(CC=C)SCCCS1. The lowest BCUT2D eigenvalue weighted by atomic mass is 10.1. The molecule has 2 nitrogen and oxygen atoms in total. The van der Waals surface area contributed by atoms with E-state index in [9.17, 15) is 0 Å². The molecule has 0 radical (unpaired) electrons. The van der Waals surface area contributed by atoms with Crippen molar-refractivity contribution in [3.8, 4) is 12.3 Å². The van der Waals surface area contributed by atoms with Crippen molar-refractivity contribution in [1.29, 1.82) is 0 Å². The first-order valence-electron chi connectivity index (χ1n) is 6.29. The van der Waals surface area contributed by atoms with E-state index < -0.39 is 0 Å². The van der Waals surface area contributed by atoms with Gasteiger partial charge in [-0.25, -0.2) is 0 Å². The fraction of sp³-hybridized carbons (Fsp3) is 0.467. The van der Waals surface area contributed by atoms with E-state index in [-0.39, 0.29) is 10.2 Å². The highest BCUT2D eigenvalue weighted by Crippen LogP contribution is 2.54. The summed E-state index contributed by atoms with van der Waals surface area (Å²) in [5, 5.41) is 0. The first kappa shape index (κ1) is 14.6. The highest BCUT2D eigenvalue weighted by Gasteiger charge is 2.43. The van der Waals surface area contributed by atoms with Crippen LogP contribution in [0.2, 0.25) is 0 Å². The summed E-state index contributed by atoms with van der Waals surface area (Å²) in [6.07, 6.45) is 10.9. The van der Waals surface area contributed by atoms with Crippen molar-refractivity contribution in [3.05, 3.63) is 36.8 Å². The monoisotopic (exact) mass is 294 g/mol. The molecular weight excluding hydrogens is 276 g/mol. The number of furan rings is 1. The Kier molecular flexibility index (Phi) is 5.50. The first-order chi connectivity index (χ1) is 9.32. The molecule has 0 bridgehead atoms. The van der Waals surface area contributed by atoms with Crippen LogP contribution in [0.25, 0.3) is 0 Å². The highest BCUT2D eigenvalue weighted by molar-refractivity contribution is 8.18. The van der Waals surface area contributed by atoms with Crippen LogP contribution >= 0.6 is 23.5 Å². The van der Waals surface area contributed by atoms with Crippen LogP contribution in [0.5, 0.6) is 0 Å². The molecule has 1 aliphatic heterocycles. The van der Waals surface area contributed by atoms with Gasteiger partial charge in [0.25, 0.3) is 0 Å². The fourth-order valence-electron chi connectivity index (χ4n) is 2.17. The Morgan fingerprint density at radius 2 is 2.37 bits per heavy atom. The molecule has 1 unspecified atom stereocenters. The van der Waals surface area contributed by atoms with Gasteiger partial charge in [-0.1, -0.05) is 12.0 Å². The van der Waals surface area contributed by atoms with Crippen molar-refractivity contribution in [3.63, 3.8) is 0 Å². The molecule has 2 heterocycles. The molecule has 0 spiro atoms. The lowest BCUT2D eigenvalue weighted by Gasteiger charge is -2.40. The van der Waals surface area contributed by atoms with Crippen LogP contribution in [0.3, 0.4) is 0 Å². The molecule has 0 amide bonds. The number of hydrogen-bond donors (Lipinski definition) is 0. The third-order valence-corrected chi connectivity index (χ3v) is 6.38. The van der Waals surface area contributed by atoms with E-state index in [1.807, 2.05) is 41.7 Å². The average Bonchev–Trinajstić information content (AvgIpc) is 2.94. The van der Waals surface area contributed by atoms with Crippen LogP contribution in [0, 0.1) is 12.3 Å². The summed E-state index contributed by atoms with van der Waals surface area (Å²) in [4.78, 5) is 0. The van der Waals surface area contributed by atoms with Gasteiger partial charge >= 0.3 is 0 Å². The molecule has 1 aromatic rings. The summed E-state index contributed by atoms with van der Waals surface area (Å²) in [6.45, 7) is 4.19. The highest BCUT2D eigenvalue weighted by atomic mass is 32.2. The van der Waals surface area contributed by atoms with Crippen LogP contribution in [0.1, 0.15) is 24.7 Å². The predicted octanol–water partition coefficient (Wildman–Crippen LogP) is 4.11. The molecular formula is C15H18O2S2. The maximum absolute atomic E-state index is 5.91. The normalized spacial score (nSPS) is 19.5. The average molecular weight is 294 g/mol. The van der Waals surface area contributed by atoms with Crippen LogP contribution in [0.15, 0.2) is 35.5 Å². The summed E-state index contributed by atoms with van der Waals surface area (Å²) in [5.41, 5.74) is 0. The van der Waals surface area contributed by atoms with Gasteiger partial charge in [0.05, 0.1) is 10.3 Å². The number of terminal acetylenes is 1. The molecule has 1 atom stereocenters. The third kappa shape index (κ3) is 3.42. The van der Waals surface area contributed by atoms with Crippen molar-refractivity contribution < 1.29 is 9.15 Å². The molecule has 1 fully saturated rings. The Bertz CT molecular complexity index is 427. The van der Waals surface area contributed by atoms with Gasteiger partial charge in [0.15, 0.2) is 0 Å². The van der Waals surface area contributed by atoms with Gasteiger partial charge in [-0.15, -0.1) is 36.5 Å². The van der Waals surface area contributed by atoms with Crippen LogP contribution < -0.4 is 0 Å². The smallest absolute Gasteiger partial charge is 0.140 e. The van der Waals surface area contributed by atoms with Gasteiger partial charge < -0.3 is 9.15 Å². The van der Waals surface area contributed by atoms with Crippen LogP contribution in [-0.2, 0) is 4.74 Å². The lowest BCUT2D eigenvalue weighted by Crippen LogP contribution is -2.34. The summed E-state index contributed by atoms with van der Waals surface area (Å²) in [7, 11) is 0. The molecule has 2 rings (SSSR count). The van der Waals surface area contributed by atoms with Crippen LogP contribution in [-0.4, -0.2) is 22.2 Å². The van der Waals surface area contributed by atoms with Gasteiger partial charge in [-0.2, -0.15) is 0 Å². The van der Waals surface area contributed by atoms with E-state index >= 15 is 0 Å². The van der Waals surface area contributed by atoms with E-state index in [4.69, 9.17) is 15.6 Å². The molecule has 0 saturated carbocycles. The molecule has 0 aromatic carbocycles. The molecule has 1 saturated heterocycles. The molecule has 4 heteroatoms.